The predicted octanol–water partition coefficient (Wildman–Crippen LogP) is 4.79. The number of hydrogen-bond acceptors (Lipinski definition) is 5. The minimum absolute atomic E-state index is 0.117. The van der Waals surface area contributed by atoms with Gasteiger partial charge in [0.05, 0.1) is 22.9 Å². The molecule has 1 atom stereocenters. The lowest BCUT2D eigenvalue weighted by Crippen LogP contribution is -2.37. The Morgan fingerprint density at radius 1 is 1.10 bits per heavy atom. The summed E-state index contributed by atoms with van der Waals surface area (Å²) in [5, 5.41) is 5.02. The van der Waals surface area contributed by atoms with Gasteiger partial charge in [0.2, 0.25) is 0 Å². The fourth-order valence-electron chi connectivity index (χ4n) is 3.16. The molecule has 0 aliphatic heterocycles. The van der Waals surface area contributed by atoms with E-state index < -0.39 is 6.10 Å². The molecule has 0 saturated heterocycles. The van der Waals surface area contributed by atoms with Crippen LogP contribution in [0.25, 0.3) is 22.3 Å². The van der Waals surface area contributed by atoms with Crippen LogP contribution < -0.4 is 10.1 Å². The van der Waals surface area contributed by atoms with E-state index >= 15 is 0 Å². The van der Waals surface area contributed by atoms with Crippen LogP contribution in [0.2, 0.25) is 0 Å². The molecule has 2 heterocycles. The number of fused-ring (bicyclic) bond motifs is 1. The fraction of sp³-hybridized carbons (Fsp3) is 0.208. The molecule has 4 rings (SSSR count). The average molecular weight is 418 g/mol. The Morgan fingerprint density at radius 3 is 2.60 bits per heavy atom. The van der Waals surface area contributed by atoms with Gasteiger partial charge in [-0.3, -0.25) is 9.78 Å². The average Bonchev–Trinajstić information content (AvgIpc) is 3.18. The first-order valence-electron chi connectivity index (χ1n) is 9.90. The summed E-state index contributed by atoms with van der Waals surface area (Å²) < 4.78 is 5.80. The SMILES string of the molecule is Cc1ccsc1CCNC(=O)[C@H](C)Oc1ccc(-c2cnc3ccccc3n2)cc1. The Hall–Kier alpha value is -3.25. The molecule has 0 radical (unpaired) electrons. The summed E-state index contributed by atoms with van der Waals surface area (Å²) in [7, 11) is 0. The van der Waals surface area contributed by atoms with Crippen molar-refractivity contribution in [2.24, 2.45) is 0 Å². The number of nitrogens with one attached hydrogen (secondary N) is 1. The maximum absolute atomic E-state index is 12.3. The van der Waals surface area contributed by atoms with Crippen LogP contribution in [0.1, 0.15) is 17.4 Å². The number of hydrogen-bond donors (Lipinski definition) is 1. The van der Waals surface area contributed by atoms with Crippen molar-refractivity contribution in [1.29, 1.82) is 0 Å². The van der Waals surface area contributed by atoms with Crippen LogP contribution in [0.3, 0.4) is 0 Å². The summed E-state index contributed by atoms with van der Waals surface area (Å²) in [4.78, 5) is 22.7. The van der Waals surface area contributed by atoms with E-state index in [1.165, 1.54) is 10.4 Å². The molecule has 0 bridgehead atoms. The first-order valence-corrected chi connectivity index (χ1v) is 10.8. The zero-order chi connectivity index (χ0) is 20.9. The minimum Gasteiger partial charge on any atom is -0.481 e. The standard InChI is InChI=1S/C24H23N3O2S/c1-16-12-14-30-23(16)11-13-25-24(28)17(2)29-19-9-7-18(8-10-19)22-15-26-20-5-3-4-6-21(20)27-22/h3-10,12,14-15,17H,11,13H2,1-2H3,(H,25,28)/t17-/m0/s1. The van der Waals surface area contributed by atoms with Crippen molar-refractivity contribution in [3.63, 3.8) is 0 Å². The summed E-state index contributed by atoms with van der Waals surface area (Å²) in [6, 6.07) is 17.4. The first kappa shape index (κ1) is 20.0. The number of aromatic nitrogens is 2. The Labute approximate surface area is 179 Å². The summed E-state index contributed by atoms with van der Waals surface area (Å²) in [5.74, 6) is 0.526. The number of amides is 1. The highest BCUT2D eigenvalue weighted by atomic mass is 32.1. The van der Waals surface area contributed by atoms with Gasteiger partial charge in [0.25, 0.3) is 5.91 Å². The smallest absolute Gasteiger partial charge is 0.260 e. The molecule has 2 aromatic heterocycles. The Bertz CT molecular complexity index is 1150. The highest BCUT2D eigenvalue weighted by molar-refractivity contribution is 7.10. The monoisotopic (exact) mass is 417 g/mol. The van der Waals surface area contributed by atoms with Gasteiger partial charge in [0.1, 0.15) is 5.75 Å². The van der Waals surface area contributed by atoms with Crippen molar-refractivity contribution < 1.29 is 9.53 Å². The Balaban J connectivity index is 1.34. The molecule has 30 heavy (non-hydrogen) atoms. The molecule has 0 aliphatic rings. The number of nitrogens with zero attached hydrogens (tertiary/aromatic N) is 2. The third kappa shape index (κ3) is 4.66. The van der Waals surface area contributed by atoms with E-state index in [1.54, 1.807) is 24.5 Å². The zero-order valence-corrected chi connectivity index (χ0v) is 17.8. The van der Waals surface area contributed by atoms with Gasteiger partial charge in [-0.2, -0.15) is 0 Å². The summed E-state index contributed by atoms with van der Waals surface area (Å²) >= 11 is 1.72. The molecular weight excluding hydrogens is 394 g/mol. The lowest BCUT2D eigenvalue weighted by molar-refractivity contribution is -0.127. The summed E-state index contributed by atoms with van der Waals surface area (Å²) in [6.07, 6.45) is 2.04. The molecule has 0 fully saturated rings. The van der Waals surface area contributed by atoms with Crippen LogP contribution in [0.15, 0.2) is 66.2 Å². The molecule has 0 unspecified atom stereocenters. The van der Waals surface area contributed by atoms with Gasteiger partial charge in [-0.25, -0.2) is 4.98 Å². The second kappa shape index (κ2) is 9.05. The molecule has 1 N–H and O–H groups in total. The van der Waals surface area contributed by atoms with E-state index in [0.717, 1.165) is 28.7 Å². The van der Waals surface area contributed by atoms with Crippen molar-refractivity contribution in [3.05, 3.63) is 76.6 Å². The zero-order valence-electron chi connectivity index (χ0n) is 17.0. The predicted molar refractivity (Wildman–Crippen MR) is 121 cm³/mol. The van der Waals surface area contributed by atoms with Crippen LogP contribution in [0, 0.1) is 6.92 Å². The molecule has 0 spiro atoms. The van der Waals surface area contributed by atoms with Crippen molar-refractivity contribution in [3.8, 4) is 17.0 Å². The maximum atomic E-state index is 12.3. The van der Waals surface area contributed by atoms with Gasteiger partial charge in [-0.15, -0.1) is 11.3 Å². The van der Waals surface area contributed by atoms with Gasteiger partial charge in [0.15, 0.2) is 6.10 Å². The third-order valence-electron chi connectivity index (χ3n) is 4.90. The van der Waals surface area contributed by atoms with Crippen LogP contribution in [-0.4, -0.2) is 28.5 Å². The van der Waals surface area contributed by atoms with E-state index in [1.807, 2.05) is 48.5 Å². The van der Waals surface area contributed by atoms with Crippen LogP contribution >= 0.6 is 11.3 Å². The molecular formula is C24H23N3O2S. The van der Waals surface area contributed by atoms with E-state index in [-0.39, 0.29) is 5.91 Å². The van der Waals surface area contributed by atoms with E-state index in [4.69, 9.17) is 4.74 Å². The van der Waals surface area contributed by atoms with E-state index in [2.05, 4.69) is 33.7 Å². The number of benzene rings is 2. The van der Waals surface area contributed by atoms with Gasteiger partial charge in [0, 0.05) is 17.0 Å². The van der Waals surface area contributed by atoms with E-state index in [0.29, 0.717) is 12.3 Å². The number of thiophene rings is 1. The molecule has 152 valence electrons. The normalized spacial score (nSPS) is 11.9. The first-order chi connectivity index (χ1) is 14.6. The van der Waals surface area contributed by atoms with Crippen molar-refractivity contribution >= 4 is 28.3 Å². The molecule has 6 heteroatoms. The Morgan fingerprint density at radius 2 is 1.87 bits per heavy atom. The number of ether oxygens (including phenoxy) is 1. The number of carbonyl (C=O) groups excluding carboxylic acids is 1. The quantitative estimate of drug-likeness (QED) is 0.469. The maximum Gasteiger partial charge on any atom is 0.260 e. The highest BCUT2D eigenvalue weighted by Crippen LogP contribution is 2.22. The van der Waals surface area contributed by atoms with E-state index in [9.17, 15) is 4.79 Å². The van der Waals surface area contributed by atoms with Crippen LogP contribution in [0.4, 0.5) is 0 Å². The van der Waals surface area contributed by atoms with Crippen molar-refractivity contribution in [2.75, 3.05) is 6.54 Å². The fourth-order valence-corrected chi connectivity index (χ4v) is 4.07. The van der Waals surface area contributed by atoms with Crippen molar-refractivity contribution in [1.82, 2.24) is 15.3 Å². The molecule has 0 aliphatic carbocycles. The van der Waals surface area contributed by atoms with Gasteiger partial charge >= 0.3 is 0 Å². The summed E-state index contributed by atoms with van der Waals surface area (Å²) in [6.45, 7) is 4.45. The molecule has 5 nitrogen and oxygen atoms in total. The number of rotatable bonds is 7. The number of carbonyl (C=O) groups is 1. The molecule has 1 amide bonds. The number of para-hydroxylation sites is 2. The van der Waals surface area contributed by atoms with Crippen molar-refractivity contribution in [2.45, 2.75) is 26.4 Å². The Kier molecular flexibility index (Phi) is 6.05. The third-order valence-corrected chi connectivity index (χ3v) is 5.98. The van der Waals surface area contributed by atoms with Crippen LogP contribution in [0.5, 0.6) is 5.75 Å². The van der Waals surface area contributed by atoms with Gasteiger partial charge < -0.3 is 10.1 Å². The molecule has 0 saturated carbocycles. The van der Waals surface area contributed by atoms with Crippen LogP contribution in [-0.2, 0) is 11.2 Å². The summed E-state index contributed by atoms with van der Waals surface area (Å²) in [5.41, 5.74) is 4.75. The number of aryl methyl sites for hydroxylation is 1. The topological polar surface area (TPSA) is 64.1 Å². The second-order valence-corrected chi connectivity index (χ2v) is 8.10. The highest BCUT2D eigenvalue weighted by Gasteiger charge is 2.14. The lowest BCUT2D eigenvalue weighted by atomic mass is 10.1. The minimum atomic E-state index is -0.569. The molecule has 4 aromatic rings. The lowest BCUT2D eigenvalue weighted by Gasteiger charge is -2.15. The van der Waals surface area contributed by atoms with Gasteiger partial charge in [-0.1, -0.05) is 12.1 Å². The molecule has 2 aromatic carbocycles. The largest absolute Gasteiger partial charge is 0.481 e. The second-order valence-electron chi connectivity index (χ2n) is 7.10. The van der Waals surface area contributed by atoms with Gasteiger partial charge in [-0.05, 0) is 73.7 Å².